The molecule has 0 radical (unpaired) electrons. The van der Waals surface area contributed by atoms with Crippen LogP contribution in [0.4, 0.5) is 0 Å². The maximum atomic E-state index is 3.39. The van der Waals surface area contributed by atoms with Gasteiger partial charge in [0.15, 0.2) is 0 Å². The molecule has 1 N–H and O–H groups in total. The van der Waals surface area contributed by atoms with Crippen molar-refractivity contribution >= 4 is 5.57 Å². The highest BCUT2D eigenvalue weighted by molar-refractivity contribution is 5.66. The van der Waals surface area contributed by atoms with Gasteiger partial charge in [0.2, 0.25) is 0 Å². The molecular formula is C13H17N. The molecule has 74 valence electrons. The lowest BCUT2D eigenvalue weighted by molar-refractivity contribution is 0.723. The van der Waals surface area contributed by atoms with Crippen LogP contribution in [0.25, 0.3) is 5.57 Å². The van der Waals surface area contributed by atoms with E-state index in [4.69, 9.17) is 0 Å². The van der Waals surface area contributed by atoms with E-state index in [2.05, 4.69) is 42.6 Å². The van der Waals surface area contributed by atoms with Gasteiger partial charge in [0.25, 0.3) is 0 Å². The van der Waals surface area contributed by atoms with Gasteiger partial charge in [-0.05, 0) is 37.4 Å². The molecule has 0 spiro atoms. The van der Waals surface area contributed by atoms with Crippen molar-refractivity contribution in [2.75, 3.05) is 13.1 Å². The van der Waals surface area contributed by atoms with Gasteiger partial charge < -0.3 is 5.32 Å². The first-order chi connectivity index (χ1) is 6.86. The number of hydrogen-bond acceptors (Lipinski definition) is 1. The molecule has 0 bridgehead atoms. The van der Waals surface area contributed by atoms with E-state index < -0.39 is 0 Å². The van der Waals surface area contributed by atoms with Gasteiger partial charge in [-0.2, -0.15) is 0 Å². The third kappa shape index (κ3) is 2.24. The van der Waals surface area contributed by atoms with Crippen molar-refractivity contribution in [3.05, 3.63) is 41.5 Å². The van der Waals surface area contributed by atoms with Crippen LogP contribution in [0, 0.1) is 6.92 Å². The molecule has 0 atom stereocenters. The number of rotatable bonds is 1. The topological polar surface area (TPSA) is 12.0 Å². The first kappa shape index (κ1) is 9.47. The first-order valence-electron chi connectivity index (χ1n) is 5.33. The summed E-state index contributed by atoms with van der Waals surface area (Å²) in [5, 5.41) is 3.39. The summed E-state index contributed by atoms with van der Waals surface area (Å²) in [5.41, 5.74) is 4.24. The molecule has 1 heteroatoms. The monoisotopic (exact) mass is 187 g/mol. The highest BCUT2D eigenvalue weighted by Crippen LogP contribution is 2.21. The van der Waals surface area contributed by atoms with E-state index in [1.165, 1.54) is 29.5 Å². The average molecular weight is 187 g/mol. The maximum absolute atomic E-state index is 3.39. The standard InChI is InChI=1S/C13H17N/c1-11-4-2-5-13(10-11)12-6-3-8-14-9-7-12/h2,4-5,7,10,14H,3,6,8-9H2,1H3. The van der Waals surface area contributed by atoms with E-state index in [0.717, 1.165) is 13.1 Å². The Morgan fingerprint density at radius 1 is 1.29 bits per heavy atom. The largest absolute Gasteiger partial charge is 0.313 e. The Kier molecular flexibility index (Phi) is 3.00. The molecule has 0 amide bonds. The van der Waals surface area contributed by atoms with Crippen LogP contribution in [-0.4, -0.2) is 13.1 Å². The Balaban J connectivity index is 2.24. The lowest BCUT2D eigenvalue weighted by atomic mass is 10.00. The fraction of sp³-hybridized carbons (Fsp3) is 0.385. The third-order valence-corrected chi connectivity index (χ3v) is 2.68. The molecule has 1 aromatic rings. The smallest absolute Gasteiger partial charge is 0.0140 e. The van der Waals surface area contributed by atoms with Crippen LogP contribution >= 0.6 is 0 Å². The zero-order valence-electron chi connectivity index (χ0n) is 8.72. The summed E-state index contributed by atoms with van der Waals surface area (Å²) < 4.78 is 0. The lowest BCUT2D eigenvalue weighted by Gasteiger charge is -2.05. The zero-order chi connectivity index (χ0) is 9.80. The highest BCUT2D eigenvalue weighted by atomic mass is 14.8. The molecule has 0 aliphatic carbocycles. The Morgan fingerprint density at radius 3 is 3.07 bits per heavy atom. The molecule has 2 rings (SSSR count). The minimum absolute atomic E-state index is 1.02. The van der Waals surface area contributed by atoms with Gasteiger partial charge in [-0.3, -0.25) is 0 Å². The number of nitrogens with one attached hydrogen (secondary N) is 1. The van der Waals surface area contributed by atoms with Crippen molar-refractivity contribution in [1.29, 1.82) is 0 Å². The lowest BCUT2D eigenvalue weighted by Crippen LogP contribution is -2.12. The van der Waals surface area contributed by atoms with Gasteiger partial charge in [-0.1, -0.05) is 35.9 Å². The number of benzene rings is 1. The molecule has 0 aromatic heterocycles. The SMILES string of the molecule is Cc1cccc(C2=CCNCCC2)c1. The van der Waals surface area contributed by atoms with Gasteiger partial charge in [-0.25, -0.2) is 0 Å². The molecule has 0 saturated carbocycles. The Labute approximate surface area is 85.8 Å². The Morgan fingerprint density at radius 2 is 2.21 bits per heavy atom. The van der Waals surface area contributed by atoms with Crippen LogP contribution in [0.3, 0.4) is 0 Å². The summed E-state index contributed by atoms with van der Waals surface area (Å²) in [5.74, 6) is 0. The van der Waals surface area contributed by atoms with Crippen molar-refractivity contribution in [2.45, 2.75) is 19.8 Å². The van der Waals surface area contributed by atoms with Gasteiger partial charge >= 0.3 is 0 Å². The minimum atomic E-state index is 1.02. The molecule has 0 saturated heterocycles. The molecule has 1 heterocycles. The number of allylic oxidation sites excluding steroid dienone is 1. The van der Waals surface area contributed by atoms with E-state index in [-0.39, 0.29) is 0 Å². The molecule has 1 aliphatic rings. The average Bonchev–Trinajstić information content (AvgIpc) is 2.45. The van der Waals surface area contributed by atoms with Crippen LogP contribution in [0.1, 0.15) is 24.0 Å². The molecule has 1 nitrogen and oxygen atoms in total. The van der Waals surface area contributed by atoms with E-state index in [0.29, 0.717) is 0 Å². The van der Waals surface area contributed by atoms with Crippen molar-refractivity contribution in [3.8, 4) is 0 Å². The predicted octanol–water partition coefficient (Wildman–Crippen LogP) is 2.76. The second-order valence-electron chi connectivity index (χ2n) is 3.91. The molecule has 1 aliphatic heterocycles. The summed E-state index contributed by atoms with van der Waals surface area (Å²) in [4.78, 5) is 0. The second kappa shape index (κ2) is 4.43. The van der Waals surface area contributed by atoms with Crippen LogP contribution in [0.2, 0.25) is 0 Å². The summed E-state index contributed by atoms with van der Waals surface area (Å²) in [6.07, 6.45) is 4.78. The number of hydrogen-bond donors (Lipinski definition) is 1. The van der Waals surface area contributed by atoms with E-state index in [1.807, 2.05) is 0 Å². The third-order valence-electron chi connectivity index (χ3n) is 2.68. The van der Waals surface area contributed by atoms with Crippen molar-refractivity contribution in [1.82, 2.24) is 5.32 Å². The van der Waals surface area contributed by atoms with Gasteiger partial charge in [0, 0.05) is 6.54 Å². The van der Waals surface area contributed by atoms with Crippen LogP contribution < -0.4 is 5.32 Å². The van der Waals surface area contributed by atoms with Crippen LogP contribution in [0.15, 0.2) is 30.3 Å². The summed E-state index contributed by atoms with van der Waals surface area (Å²) in [7, 11) is 0. The molecule has 14 heavy (non-hydrogen) atoms. The minimum Gasteiger partial charge on any atom is -0.313 e. The predicted molar refractivity (Wildman–Crippen MR) is 61.3 cm³/mol. The summed E-state index contributed by atoms with van der Waals surface area (Å²) in [6, 6.07) is 8.78. The molecular weight excluding hydrogens is 170 g/mol. The fourth-order valence-electron chi connectivity index (χ4n) is 1.91. The zero-order valence-corrected chi connectivity index (χ0v) is 8.72. The van der Waals surface area contributed by atoms with Crippen molar-refractivity contribution < 1.29 is 0 Å². The Hall–Kier alpha value is -1.08. The fourth-order valence-corrected chi connectivity index (χ4v) is 1.91. The van der Waals surface area contributed by atoms with E-state index in [9.17, 15) is 0 Å². The van der Waals surface area contributed by atoms with Gasteiger partial charge in [0.05, 0.1) is 0 Å². The number of aryl methyl sites for hydroxylation is 1. The highest BCUT2D eigenvalue weighted by Gasteiger charge is 2.04. The normalized spacial score (nSPS) is 17.4. The van der Waals surface area contributed by atoms with Gasteiger partial charge in [-0.15, -0.1) is 0 Å². The Bertz CT molecular complexity index is 339. The van der Waals surface area contributed by atoms with Gasteiger partial charge in [0.1, 0.15) is 0 Å². The van der Waals surface area contributed by atoms with E-state index >= 15 is 0 Å². The summed E-state index contributed by atoms with van der Waals surface area (Å²) in [6.45, 7) is 4.31. The van der Waals surface area contributed by atoms with Crippen molar-refractivity contribution in [3.63, 3.8) is 0 Å². The van der Waals surface area contributed by atoms with Crippen LogP contribution in [-0.2, 0) is 0 Å². The van der Waals surface area contributed by atoms with Crippen LogP contribution in [0.5, 0.6) is 0 Å². The van der Waals surface area contributed by atoms with Crippen molar-refractivity contribution in [2.24, 2.45) is 0 Å². The second-order valence-corrected chi connectivity index (χ2v) is 3.91. The quantitative estimate of drug-likeness (QED) is 0.713. The molecule has 0 unspecified atom stereocenters. The summed E-state index contributed by atoms with van der Waals surface area (Å²) >= 11 is 0. The molecule has 0 fully saturated rings. The molecule has 1 aromatic carbocycles. The van der Waals surface area contributed by atoms with E-state index in [1.54, 1.807) is 0 Å². The first-order valence-corrected chi connectivity index (χ1v) is 5.33. The maximum Gasteiger partial charge on any atom is 0.0140 e.